The first kappa shape index (κ1) is 19.7. The van der Waals surface area contributed by atoms with Gasteiger partial charge < -0.3 is 14.5 Å². The fraction of sp³-hybridized carbons (Fsp3) is 0.333. The SMILES string of the molecule is COCCN(CCC(=O)N(Cc1ccccc1)c1ccccc1)C(C)=O. The first-order chi connectivity index (χ1) is 12.6. The van der Waals surface area contributed by atoms with Gasteiger partial charge in [0.05, 0.1) is 13.2 Å². The summed E-state index contributed by atoms with van der Waals surface area (Å²) in [5.74, 6) is -0.0621. The molecule has 0 bridgehead atoms. The van der Waals surface area contributed by atoms with Crippen LogP contribution in [0.1, 0.15) is 18.9 Å². The van der Waals surface area contributed by atoms with Gasteiger partial charge in [-0.25, -0.2) is 0 Å². The predicted octanol–water partition coefficient (Wildman–Crippen LogP) is 3.10. The molecule has 0 aromatic heterocycles. The average Bonchev–Trinajstić information content (AvgIpc) is 2.67. The number of anilines is 1. The third-order valence-corrected chi connectivity index (χ3v) is 4.16. The third kappa shape index (κ3) is 6.01. The van der Waals surface area contributed by atoms with Gasteiger partial charge in [-0.2, -0.15) is 0 Å². The Labute approximate surface area is 155 Å². The highest BCUT2D eigenvalue weighted by atomic mass is 16.5. The Hall–Kier alpha value is -2.66. The highest BCUT2D eigenvalue weighted by Gasteiger charge is 2.18. The molecule has 2 aromatic carbocycles. The monoisotopic (exact) mass is 354 g/mol. The zero-order chi connectivity index (χ0) is 18.8. The molecule has 2 rings (SSSR count). The van der Waals surface area contributed by atoms with Crippen LogP contribution in [0, 0.1) is 0 Å². The first-order valence-corrected chi connectivity index (χ1v) is 8.75. The van der Waals surface area contributed by atoms with E-state index in [1.165, 1.54) is 6.92 Å². The summed E-state index contributed by atoms with van der Waals surface area (Å²) < 4.78 is 5.04. The summed E-state index contributed by atoms with van der Waals surface area (Å²) in [7, 11) is 1.60. The smallest absolute Gasteiger partial charge is 0.229 e. The molecule has 0 N–H and O–H groups in total. The van der Waals surface area contributed by atoms with Gasteiger partial charge in [0.2, 0.25) is 11.8 Å². The van der Waals surface area contributed by atoms with Crippen molar-refractivity contribution in [3.8, 4) is 0 Å². The van der Waals surface area contributed by atoms with Gasteiger partial charge in [0, 0.05) is 39.2 Å². The molecule has 0 heterocycles. The molecule has 0 radical (unpaired) electrons. The van der Waals surface area contributed by atoms with Crippen molar-refractivity contribution in [2.45, 2.75) is 19.9 Å². The number of amides is 2. The number of nitrogens with zero attached hydrogens (tertiary/aromatic N) is 2. The minimum Gasteiger partial charge on any atom is -0.383 e. The van der Waals surface area contributed by atoms with Gasteiger partial charge in [-0.15, -0.1) is 0 Å². The lowest BCUT2D eigenvalue weighted by atomic mass is 10.1. The molecule has 0 fully saturated rings. The maximum atomic E-state index is 12.9. The fourth-order valence-electron chi connectivity index (χ4n) is 2.69. The first-order valence-electron chi connectivity index (χ1n) is 8.75. The van der Waals surface area contributed by atoms with E-state index < -0.39 is 0 Å². The summed E-state index contributed by atoms with van der Waals surface area (Å²) in [6, 6.07) is 19.5. The molecule has 2 amide bonds. The molecule has 0 saturated carbocycles. The lowest BCUT2D eigenvalue weighted by Crippen LogP contribution is -2.37. The number of rotatable bonds is 9. The van der Waals surface area contributed by atoms with Crippen molar-refractivity contribution in [1.82, 2.24) is 4.90 Å². The van der Waals surface area contributed by atoms with Crippen LogP contribution in [-0.2, 0) is 20.9 Å². The summed E-state index contributed by atoms with van der Waals surface area (Å²) >= 11 is 0. The lowest BCUT2D eigenvalue weighted by Gasteiger charge is -2.25. The van der Waals surface area contributed by atoms with E-state index in [2.05, 4.69) is 0 Å². The van der Waals surface area contributed by atoms with Crippen molar-refractivity contribution in [3.63, 3.8) is 0 Å². The van der Waals surface area contributed by atoms with E-state index in [1.807, 2.05) is 60.7 Å². The van der Waals surface area contributed by atoms with Gasteiger partial charge in [0.25, 0.3) is 0 Å². The number of hydrogen-bond acceptors (Lipinski definition) is 3. The van der Waals surface area contributed by atoms with Crippen molar-refractivity contribution in [3.05, 3.63) is 66.2 Å². The second kappa shape index (κ2) is 10.4. The molecule has 0 atom stereocenters. The van der Waals surface area contributed by atoms with E-state index in [-0.39, 0.29) is 18.2 Å². The topological polar surface area (TPSA) is 49.9 Å². The number of hydrogen-bond donors (Lipinski definition) is 0. The largest absolute Gasteiger partial charge is 0.383 e. The van der Waals surface area contributed by atoms with E-state index in [1.54, 1.807) is 16.9 Å². The molecule has 0 spiro atoms. The average molecular weight is 354 g/mol. The molecule has 0 aliphatic heterocycles. The van der Waals surface area contributed by atoms with Crippen LogP contribution in [0.4, 0.5) is 5.69 Å². The summed E-state index contributed by atoms with van der Waals surface area (Å²) in [6.45, 7) is 3.35. The van der Waals surface area contributed by atoms with E-state index in [0.717, 1.165) is 11.3 Å². The van der Waals surface area contributed by atoms with Gasteiger partial charge in [-0.3, -0.25) is 9.59 Å². The van der Waals surface area contributed by atoms with Crippen molar-refractivity contribution in [2.75, 3.05) is 31.7 Å². The molecule has 5 heteroatoms. The second-order valence-electron chi connectivity index (χ2n) is 6.05. The maximum Gasteiger partial charge on any atom is 0.229 e. The van der Waals surface area contributed by atoms with Gasteiger partial charge in [0.15, 0.2) is 0 Å². The molecule has 26 heavy (non-hydrogen) atoms. The Bertz CT molecular complexity index is 689. The number of ether oxygens (including phenoxy) is 1. The zero-order valence-corrected chi connectivity index (χ0v) is 15.4. The van der Waals surface area contributed by atoms with Crippen LogP contribution in [0.5, 0.6) is 0 Å². The number of benzene rings is 2. The van der Waals surface area contributed by atoms with E-state index in [4.69, 9.17) is 4.74 Å². The fourth-order valence-corrected chi connectivity index (χ4v) is 2.69. The van der Waals surface area contributed by atoms with Crippen LogP contribution >= 0.6 is 0 Å². The van der Waals surface area contributed by atoms with Crippen LogP contribution < -0.4 is 4.90 Å². The maximum absolute atomic E-state index is 12.9. The van der Waals surface area contributed by atoms with E-state index in [9.17, 15) is 9.59 Å². The van der Waals surface area contributed by atoms with Crippen molar-refractivity contribution in [1.29, 1.82) is 0 Å². The van der Waals surface area contributed by atoms with Crippen LogP contribution in [0.25, 0.3) is 0 Å². The molecule has 0 aliphatic rings. The minimum absolute atomic E-state index is 0.0104. The number of carbonyl (C=O) groups is 2. The van der Waals surface area contributed by atoms with Crippen molar-refractivity contribution in [2.24, 2.45) is 0 Å². The van der Waals surface area contributed by atoms with Crippen molar-refractivity contribution >= 4 is 17.5 Å². The Morgan fingerprint density at radius 1 is 0.923 bits per heavy atom. The van der Waals surface area contributed by atoms with Crippen LogP contribution in [0.2, 0.25) is 0 Å². The molecule has 5 nitrogen and oxygen atoms in total. The molecule has 2 aromatic rings. The zero-order valence-electron chi connectivity index (χ0n) is 15.4. The van der Waals surface area contributed by atoms with Crippen LogP contribution in [-0.4, -0.2) is 43.5 Å². The summed E-state index contributed by atoms with van der Waals surface area (Å²) in [5, 5.41) is 0. The molecular weight excluding hydrogens is 328 g/mol. The number of para-hydroxylation sites is 1. The molecule has 0 unspecified atom stereocenters. The highest BCUT2D eigenvalue weighted by molar-refractivity contribution is 5.93. The van der Waals surface area contributed by atoms with Gasteiger partial charge in [-0.05, 0) is 17.7 Å². The molecular formula is C21H26N2O3. The van der Waals surface area contributed by atoms with Gasteiger partial charge in [-0.1, -0.05) is 48.5 Å². The Morgan fingerprint density at radius 3 is 2.12 bits per heavy atom. The summed E-state index contributed by atoms with van der Waals surface area (Å²) in [5.41, 5.74) is 1.92. The van der Waals surface area contributed by atoms with Gasteiger partial charge >= 0.3 is 0 Å². The summed E-state index contributed by atoms with van der Waals surface area (Å²) in [6.07, 6.45) is 0.269. The molecule has 0 aliphatic carbocycles. The quantitative estimate of drug-likeness (QED) is 0.695. The molecule has 0 saturated heterocycles. The number of carbonyl (C=O) groups excluding carboxylic acids is 2. The Morgan fingerprint density at radius 2 is 1.54 bits per heavy atom. The Kier molecular flexibility index (Phi) is 7.83. The lowest BCUT2D eigenvalue weighted by molar-refractivity contribution is -0.130. The molecule has 138 valence electrons. The van der Waals surface area contributed by atoms with Gasteiger partial charge in [0.1, 0.15) is 0 Å². The normalized spacial score (nSPS) is 10.4. The summed E-state index contributed by atoms with van der Waals surface area (Å²) in [4.78, 5) is 28.1. The predicted molar refractivity (Wildman–Crippen MR) is 103 cm³/mol. The minimum atomic E-state index is -0.0517. The standard InChI is InChI=1S/C21H26N2O3/c1-18(24)22(15-16-26-2)14-13-21(25)23(20-11-7-4-8-12-20)17-19-9-5-3-6-10-19/h3-12H,13-17H2,1-2H3. The van der Waals surface area contributed by atoms with Crippen molar-refractivity contribution < 1.29 is 14.3 Å². The van der Waals surface area contributed by atoms with Crippen LogP contribution in [0.15, 0.2) is 60.7 Å². The van der Waals surface area contributed by atoms with E-state index >= 15 is 0 Å². The van der Waals surface area contributed by atoms with E-state index in [0.29, 0.717) is 26.2 Å². The second-order valence-corrected chi connectivity index (χ2v) is 6.05. The van der Waals surface area contributed by atoms with Crippen LogP contribution in [0.3, 0.4) is 0 Å². The number of methoxy groups -OCH3 is 1. The third-order valence-electron chi connectivity index (χ3n) is 4.16. The highest BCUT2D eigenvalue weighted by Crippen LogP contribution is 2.18. The Balaban J connectivity index is 2.09.